The number of hydrogen-bond donors (Lipinski definition) is 1. The van der Waals surface area contributed by atoms with Gasteiger partial charge >= 0.3 is 0 Å². The number of piperidine rings is 1. The lowest BCUT2D eigenvalue weighted by Crippen LogP contribution is -2.46. The molecule has 3 aliphatic rings. The molecule has 1 unspecified atom stereocenters. The number of likely N-dealkylation sites (tertiary alicyclic amines) is 1. The van der Waals surface area contributed by atoms with Gasteiger partial charge in [0.15, 0.2) is 0 Å². The molecule has 1 atom stereocenters. The van der Waals surface area contributed by atoms with E-state index in [1.807, 2.05) is 0 Å². The molecule has 138 valence electrons. The Morgan fingerprint density at radius 1 is 1.16 bits per heavy atom. The van der Waals surface area contributed by atoms with E-state index in [1.54, 1.807) is 0 Å². The summed E-state index contributed by atoms with van der Waals surface area (Å²) in [7, 11) is 0. The van der Waals surface area contributed by atoms with Gasteiger partial charge in [0.1, 0.15) is 11.6 Å². The van der Waals surface area contributed by atoms with Crippen LogP contribution in [0.2, 0.25) is 0 Å². The average molecular weight is 412 g/mol. The van der Waals surface area contributed by atoms with Crippen LogP contribution in [0.5, 0.6) is 0 Å². The molecule has 3 heterocycles. The second-order valence-electron chi connectivity index (χ2n) is 8.17. The van der Waals surface area contributed by atoms with E-state index >= 15 is 0 Å². The Kier molecular flexibility index (Phi) is 5.04. The molecule has 4 nitrogen and oxygen atoms in total. The van der Waals surface area contributed by atoms with Crippen molar-refractivity contribution in [1.29, 1.82) is 0 Å². The Morgan fingerprint density at radius 2 is 1.96 bits per heavy atom. The molecule has 0 aromatic carbocycles. The van der Waals surface area contributed by atoms with Gasteiger partial charge in [0.05, 0.1) is 16.8 Å². The predicted octanol–water partition coefficient (Wildman–Crippen LogP) is 3.58. The third-order valence-corrected chi connectivity index (χ3v) is 6.98. The second-order valence-corrected chi connectivity index (χ2v) is 9.02. The molecule has 6 heteroatoms. The van der Waals surface area contributed by atoms with E-state index in [0.717, 1.165) is 55.6 Å². The number of aliphatic hydroxyl groups is 1. The SMILES string of the molecule is O[C@H]1CC[C@@H](N2CCC3(CCCN(c4ncc(F)cc4Br)C3)C2)CC1. The number of nitrogens with zero attached hydrogens (tertiary/aromatic N) is 3. The van der Waals surface area contributed by atoms with Crippen LogP contribution < -0.4 is 4.90 Å². The molecule has 4 rings (SSSR count). The van der Waals surface area contributed by atoms with E-state index in [4.69, 9.17) is 0 Å². The van der Waals surface area contributed by atoms with Gasteiger partial charge in [0, 0.05) is 31.1 Å². The lowest BCUT2D eigenvalue weighted by atomic mass is 9.79. The van der Waals surface area contributed by atoms with Crippen molar-refractivity contribution in [3.8, 4) is 0 Å². The highest BCUT2D eigenvalue weighted by atomic mass is 79.9. The Morgan fingerprint density at radius 3 is 2.72 bits per heavy atom. The van der Waals surface area contributed by atoms with Crippen molar-refractivity contribution in [2.75, 3.05) is 31.1 Å². The summed E-state index contributed by atoms with van der Waals surface area (Å²) < 4.78 is 14.1. The zero-order chi connectivity index (χ0) is 17.4. The van der Waals surface area contributed by atoms with Crippen molar-refractivity contribution in [2.45, 2.75) is 57.1 Å². The maximum atomic E-state index is 13.4. The summed E-state index contributed by atoms with van der Waals surface area (Å²) in [5.41, 5.74) is 0.337. The Bertz CT molecular complexity index is 623. The van der Waals surface area contributed by atoms with Gasteiger partial charge in [-0.3, -0.25) is 4.90 Å². The number of rotatable bonds is 2. The van der Waals surface area contributed by atoms with Crippen LogP contribution in [-0.4, -0.2) is 53.3 Å². The average Bonchev–Trinajstić information content (AvgIpc) is 2.99. The van der Waals surface area contributed by atoms with Crippen LogP contribution in [0.15, 0.2) is 16.7 Å². The van der Waals surface area contributed by atoms with E-state index < -0.39 is 0 Å². The van der Waals surface area contributed by atoms with E-state index in [1.165, 1.54) is 38.1 Å². The van der Waals surface area contributed by atoms with Gasteiger partial charge in [-0.05, 0) is 73.5 Å². The first-order chi connectivity index (χ1) is 12.0. The molecule has 1 N–H and O–H groups in total. The number of pyridine rings is 1. The first-order valence-corrected chi connectivity index (χ1v) is 10.3. The van der Waals surface area contributed by atoms with Crippen LogP contribution in [0.1, 0.15) is 44.9 Å². The highest BCUT2D eigenvalue weighted by molar-refractivity contribution is 9.10. The smallest absolute Gasteiger partial charge is 0.143 e. The summed E-state index contributed by atoms with van der Waals surface area (Å²) in [5, 5.41) is 9.75. The molecule has 2 aliphatic heterocycles. The van der Waals surface area contributed by atoms with Crippen molar-refractivity contribution in [1.82, 2.24) is 9.88 Å². The summed E-state index contributed by atoms with van der Waals surface area (Å²) in [5.74, 6) is 0.577. The summed E-state index contributed by atoms with van der Waals surface area (Å²) in [6.07, 6.45) is 9.07. The fraction of sp³-hybridized carbons (Fsp3) is 0.737. The maximum Gasteiger partial charge on any atom is 0.143 e. The van der Waals surface area contributed by atoms with Gasteiger partial charge in [0.2, 0.25) is 0 Å². The molecule has 2 saturated heterocycles. The maximum absolute atomic E-state index is 13.4. The zero-order valence-corrected chi connectivity index (χ0v) is 16.2. The van der Waals surface area contributed by atoms with Crippen LogP contribution in [0.4, 0.5) is 10.2 Å². The van der Waals surface area contributed by atoms with Gasteiger partial charge in [-0.15, -0.1) is 0 Å². The molecule has 1 aromatic rings. The molecule has 25 heavy (non-hydrogen) atoms. The molecule has 1 saturated carbocycles. The molecular formula is C19H27BrFN3O. The van der Waals surface area contributed by atoms with Crippen LogP contribution in [0.25, 0.3) is 0 Å². The third kappa shape index (κ3) is 3.71. The van der Waals surface area contributed by atoms with Crippen LogP contribution in [0.3, 0.4) is 0 Å². The van der Waals surface area contributed by atoms with Gasteiger partial charge in [-0.1, -0.05) is 0 Å². The number of aromatic nitrogens is 1. The normalized spacial score (nSPS) is 34.0. The molecule has 1 aliphatic carbocycles. The molecule has 1 aromatic heterocycles. The molecule has 1 spiro atoms. The first-order valence-electron chi connectivity index (χ1n) is 9.53. The fourth-order valence-corrected chi connectivity index (χ4v) is 5.64. The van der Waals surface area contributed by atoms with Gasteiger partial charge < -0.3 is 10.0 Å². The highest BCUT2D eigenvalue weighted by Gasteiger charge is 2.44. The topological polar surface area (TPSA) is 39.6 Å². The number of anilines is 1. The fourth-order valence-electron chi connectivity index (χ4n) is 5.07. The van der Waals surface area contributed by atoms with Crippen molar-refractivity contribution in [2.24, 2.45) is 5.41 Å². The molecule has 3 fully saturated rings. The van der Waals surface area contributed by atoms with Crippen LogP contribution >= 0.6 is 15.9 Å². The lowest BCUT2D eigenvalue weighted by Gasteiger charge is -2.42. The van der Waals surface area contributed by atoms with Crippen molar-refractivity contribution >= 4 is 21.7 Å². The summed E-state index contributed by atoms with van der Waals surface area (Å²) in [6, 6.07) is 2.16. The van der Waals surface area contributed by atoms with Crippen molar-refractivity contribution in [3.05, 3.63) is 22.6 Å². The monoisotopic (exact) mass is 411 g/mol. The van der Waals surface area contributed by atoms with Gasteiger partial charge in [0.25, 0.3) is 0 Å². The van der Waals surface area contributed by atoms with Crippen molar-refractivity contribution < 1.29 is 9.50 Å². The van der Waals surface area contributed by atoms with E-state index in [-0.39, 0.29) is 11.9 Å². The third-order valence-electron chi connectivity index (χ3n) is 6.40. The van der Waals surface area contributed by atoms with E-state index in [2.05, 4.69) is 30.7 Å². The summed E-state index contributed by atoms with van der Waals surface area (Å²) in [4.78, 5) is 9.34. The van der Waals surface area contributed by atoms with E-state index in [0.29, 0.717) is 11.5 Å². The van der Waals surface area contributed by atoms with E-state index in [9.17, 15) is 9.50 Å². The molecule has 0 bridgehead atoms. The van der Waals surface area contributed by atoms with Crippen LogP contribution in [0, 0.1) is 11.2 Å². The first kappa shape index (κ1) is 17.7. The zero-order valence-electron chi connectivity index (χ0n) is 14.6. The Labute approximate surface area is 157 Å². The minimum Gasteiger partial charge on any atom is -0.393 e. The standard InChI is InChI=1S/C19H27BrFN3O/c20-17-10-14(21)11-22-18(17)24-8-1-6-19(13-24)7-9-23(12-19)15-2-4-16(25)5-3-15/h10-11,15-16,25H,1-9,12-13H2/t15-,16+,19?. The summed E-state index contributed by atoms with van der Waals surface area (Å²) in [6.45, 7) is 4.33. The predicted molar refractivity (Wildman–Crippen MR) is 100 cm³/mol. The minimum absolute atomic E-state index is 0.0834. The molecule has 0 amide bonds. The van der Waals surface area contributed by atoms with Crippen LogP contribution in [-0.2, 0) is 0 Å². The largest absolute Gasteiger partial charge is 0.393 e. The number of aliphatic hydroxyl groups excluding tert-OH is 1. The highest BCUT2D eigenvalue weighted by Crippen LogP contribution is 2.42. The Hall–Kier alpha value is -0.720. The lowest BCUT2D eigenvalue weighted by molar-refractivity contribution is 0.0770. The molecular weight excluding hydrogens is 385 g/mol. The van der Waals surface area contributed by atoms with Crippen molar-refractivity contribution in [3.63, 3.8) is 0 Å². The number of halogens is 2. The molecule has 0 radical (unpaired) electrons. The summed E-state index contributed by atoms with van der Waals surface area (Å²) >= 11 is 3.48. The minimum atomic E-state index is -0.297. The quantitative estimate of drug-likeness (QED) is 0.806. The Balaban J connectivity index is 1.44. The number of hydrogen-bond acceptors (Lipinski definition) is 4. The second kappa shape index (κ2) is 7.12. The van der Waals surface area contributed by atoms with Gasteiger partial charge in [-0.25, -0.2) is 9.37 Å². The van der Waals surface area contributed by atoms with Gasteiger partial charge in [-0.2, -0.15) is 0 Å².